The summed E-state index contributed by atoms with van der Waals surface area (Å²) >= 11 is 1.63. The minimum Gasteiger partial charge on any atom is -0.352 e. The number of amides is 2. The van der Waals surface area contributed by atoms with Gasteiger partial charge in [0.25, 0.3) is 5.56 Å². The van der Waals surface area contributed by atoms with Crippen LogP contribution in [-0.2, 0) is 29.0 Å². The summed E-state index contributed by atoms with van der Waals surface area (Å²) in [5.41, 5.74) is 1.05. The van der Waals surface area contributed by atoms with Crippen molar-refractivity contribution in [3.05, 3.63) is 27.1 Å². The van der Waals surface area contributed by atoms with Gasteiger partial charge in [-0.05, 0) is 44.1 Å². The monoisotopic (exact) mass is 402 g/mol. The van der Waals surface area contributed by atoms with Crippen LogP contribution < -0.4 is 10.9 Å². The maximum Gasteiger partial charge on any atom is 0.262 e. The van der Waals surface area contributed by atoms with Gasteiger partial charge in [0, 0.05) is 30.9 Å². The van der Waals surface area contributed by atoms with Crippen molar-refractivity contribution in [2.24, 2.45) is 0 Å². The van der Waals surface area contributed by atoms with Gasteiger partial charge in [-0.3, -0.25) is 19.0 Å². The molecule has 2 aliphatic rings. The second-order valence-electron chi connectivity index (χ2n) is 7.80. The molecule has 0 bridgehead atoms. The van der Waals surface area contributed by atoms with Crippen LogP contribution in [0.5, 0.6) is 0 Å². The van der Waals surface area contributed by atoms with Crippen LogP contribution in [0, 0.1) is 0 Å². The van der Waals surface area contributed by atoms with E-state index in [9.17, 15) is 14.4 Å². The smallest absolute Gasteiger partial charge is 0.262 e. The van der Waals surface area contributed by atoms with Crippen molar-refractivity contribution in [2.45, 2.75) is 64.5 Å². The number of fused-ring (bicyclic) bond motifs is 3. The van der Waals surface area contributed by atoms with Crippen molar-refractivity contribution in [3.63, 3.8) is 0 Å². The summed E-state index contributed by atoms with van der Waals surface area (Å²) in [5, 5.41) is 3.61. The van der Waals surface area contributed by atoms with Crippen molar-refractivity contribution in [1.82, 2.24) is 19.8 Å². The van der Waals surface area contributed by atoms with Gasteiger partial charge in [0.2, 0.25) is 11.8 Å². The standard InChI is InChI=1S/C20H26N4O3S/c1-13(25)22-14-6-5-9-23(10-14)17(26)11-24-12-21-19-18(20(24)27)15-7-3-2-4-8-16(15)28-19/h12,14H,2-11H2,1H3,(H,22,25). The van der Waals surface area contributed by atoms with Gasteiger partial charge in [-0.2, -0.15) is 0 Å². The number of thiophene rings is 1. The number of carbonyl (C=O) groups is 2. The lowest BCUT2D eigenvalue weighted by atomic mass is 10.1. The number of aromatic nitrogens is 2. The van der Waals surface area contributed by atoms with Crippen LogP contribution in [0.2, 0.25) is 0 Å². The maximum absolute atomic E-state index is 13.1. The molecule has 7 nitrogen and oxygen atoms in total. The van der Waals surface area contributed by atoms with Crippen LogP contribution in [0.1, 0.15) is 49.5 Å². The molecule has 4 rings (SSSR count). The Balaban J connectivity index is 1.55. The fourth-order valence-corrected chi connectivity index (χ4v) is 5.54. The molecule has 0 spiro atoms. The first-order valence-electron chi connectivity index (χ1n) is 10.1. The van der Waals surface area contributed by atoms with Crippen molar-refractivity contribution >= 4 is 33.4 Å². The van der Waals surface area contributed by atoms with Crippen molar-refractivity contribution in [1.29, 1.82) is 0 Å². The number of piperidine rings is 1. The molecule has 1 aliphatic carbocycles. The van der Waals surface area contributed by atoms with Gasteiger partial charge in [0.05, 0.1) is 11.7 Å². The van der Waals surface area contributed by atoms with E-state index >= 15 is 0 Å². The van der Waals surface area contributed by atoms with E-state index in [-0.39, 0.29) is 30.0 Å². The molecule has 0 saturated carbocycles. The molecule has 0 aromatic carbocycles. The topological polar surface area (TPSA) is 84.3 Å². The molecular formula is C20H26N4O3S. The quantitative estimate of drug-likeness (QED) is 0.794. The molecule has 3 heterocycles. The zero-order valence-corrected chi connectivity index (χ0v) is 17.0. The zero-order valence-electron chi connectivity index (χ0n) is 16.2. The number of likely N-dealkylation sites (tertiary alicyclic amines) is 1. The molecule has 1 atom stereocenters. The Bertz CT molecular complexity index is 964. The molecule has 2 amide bonds. The third-order valence-corrected chi connectivity index (χ3v) is 6.88. The van der Waals surface area contributed by atoms with Crippen LogP contribution in [-0.4, -0.2) is 45.4 Å². The average molecular weight is 403 g/mol. The molecule has 0 radical (unpaired) electrons. The highest BCUT2D eigenvalue weighted by atomic mass is 32.1. The number of rotatable bonds is 3. The number of hydrogen-bond acceptors (Lipinski definition) is 5. The number of nitrogens with zero attached hydrogens (tertiary/aromatic N) is 3. The normalized spacial score (nSPS) is 19.9. The predicted octanol–water partition coefficient (Wildman–Crippen LogP) is 1.85. The van der Waals surface area contributed by atoms with E-state index < -0.39 is 0 Å². The molecule has 1 unspecified atom stereocenters. The molecule has 150 valence electrons. The summed E-state index contributed by atoms with van der Waals surface area (Å²) in [7, 11) is 0. The van der Waals surface area contributed by atoms with Gasteiger partial charge >= 0.3 is 0 Å². The van der Waals surface area contributed by atoms with E-state index in [0.29, 0.717) is 18.5 Å². The summed E-state index contributed by atoms with van der Waals surface area (Å²) in [6, 6.07) is -0.0137. The van der Waals surface area contributed by atoms with Gasteiger partial charge in [0.1, 0.15) is 11.4 Å². The number of carbonyl (C=O) groups excluding carboxylic acids is 2. The molecule has 1 aliphatic heterocycles. The first-order valence-corrected chi connectivity index (χ1v) is 10.9. The van der Waals surface area contributed by atoms with E-state index in [0.717, 1.165) is 48.9 Å². The zero-order chi connectivity index (χ0) is 19.7. The molecule has 1 N–H and O–H groups in total. The lowest BCUT2D eigenvalue weighted by Gasteiger charge is -2.33. The highest BCUT2D eigenvalue weighted by molar-refractivity contribution is 7.18. The third kappa shape index (κ3) is 3.83. The first kappa shape index (κ1) is 19.1. The summed E-state index contributed by atoms with van der Waals surface area (Å²) in [6.07, 6.45) is 8.63. The van der Waals surface area contributed by atoms with E-state index in [2.05, 4.69) is 10.3 Å². The lowest BCUT2D eigenvalue weighted by Crippen LogP contribution is -2.50. The Kier molecular flexibility index (Phi) is 5.48. The van der Waals surface area contributed by atoms with Gasteiger partial charge in [-0.1, -0.05) is 6.42 Å². The fraction of sp³-hybridized carbons (Fsp3) is 0.600. The number of aryl methyl sites for hydroxylation is 2. The Hall–Kier alpha value is -2.22. The molecule has 1 fully saturated rings. The highest BCUT2D eigenvalue weighted by Crippen LogP contribution is 2.32. The highest BCUT2D eigenvalue weighted by Gasteiger charge is 2.25. The van der Waals surface area contributed by atoms with E-state index in [1.807, 2.05) is 0 Å². The first-order chi connectivity index (χ1) is 13.5. The van der Waals surface area contributed by atoms with Gasteiger partial charge < -0.3 is 10.2 Å². The van der Waals surface area contributed by atoms with Crippen LogP contribution >= 0.6 is 11.3 Å². The second kappa shape index (κ2) is 8.03. The van der Waals surface area contributed by atoms with E-state index in [4.69, 9.17) is 0 Å². The molecule has 2 aromatic rings. The van der Waals surface area contributed by atoms with Gasteiger partial charge in [0.15, 0.2) is 0 Å². The SMILES string of the molecule is CC(=O)NC1CCCN(C(=O)Cn2cnc3sc4c(c3c2=O)CCCCC4)C1. The predicted molar refractivity (Wildman–Crippen MR) is 109 cm³/mol. The van der Waals surface area contributed by atoms with Crippen molar-refractivity contribution in [2.75, 3.05) is 13.1 Å². The van der Waals surface area contributed by atoms with Gasteiger partial charge in [-0.25, -0.2) is 4.98 Å². The maximum atomic E-state index is 13.1. The molecule has 2 aromatic heterocycles. The van der Waals surface area contributed by atoms with E-state index in [1.165, 1.54) is 29.1 Å². The third-order valence-electron chi connectivity index (χ3n) is 5.68. The lowest BCUT2D eigenvalue weighted by molar-refractivity contribution is -0.134. The van der Waals surface area contributed by atoms with Crippen LogP contribution in [0.15, 0.2) is 11.1 Å². The Morgan fingerprint density at radius 1 is 1.25 bits per heavy atom. The number of hydrogen-bond donors (Lipinski definition) is 1. The Labute approximate surface area is 167 Å². The minimum absolute atomic E-state index is 0.000809. The number of nitrogens with one attached hydrogen (secondary N) is 1. The van der Waals surface area contributed by atoms with Gasteiger partial charge in [-0.15, -0.1) is 11.3 Å². The summed E-state index contributed by atoms with van der Waals surface area (Å²) in [6.45, 7) is 2.65. The largest absolute Gasteiger partial charge is 0.352 e. The molecule has 1 saturated heterocycles. The van der Waals surface area contributed by atoms with E-state index in [1.54, 1.807) is 16.2 Å². The summed E-state index contributed by atoms with van der Waals surface area (Å²) in [4.78, 5) is 45.5. The van der Waals surface area contributed by atoms with Crippen LogP contribution in [0.4, 0.5) is 0 Å². The molecule has 8 heteroatoms. The van der Waals surface area contributed by atoms with Crippen LogP contribution in [0.25, 0.3) is 10.2 Å². The summed E-state index contributed by atoms with van der Waals surface area (Å²) in [5.74, 6) is -0.178. The molecular weight excluding hydrogens is 376 g/mol. The average Bonchev–Trinajstić information content (AvgIpc) is 2.86. The minimum atomic E-state index is -0.104. The van der Waals surface area contributed by atoms with Crippen molar-refractivity contribution in [3.8, 4) is 0 Å². The Morgan fingerprint density at radius 3 is 2.89 bits per heavy atom. The van der Waals surface area contributed by atoms with Crippen molar-refractivity contribution < 1.29 is 9.59 Å². The summed E-state index contributed by atoms with van der Waals surface area (Å²) < 4.78 is 1.45. The fourth-order valence-electron chi connectivity index (χ4n) is 4.33. The second-order valence-corrected chi connectivity index (χ2v) is 8.89. The Morgan fingerprint density at radius 2 is 2.07 bits per heavy atom. The van der Waals surface area contributed by atoms with Crippen LogP contribution in [0.3, 0.4) is 0 Å². The molecule has 28 heavy (non-hydrogen) atoms.